The molecule has 0 N–H and O–H groups in total. The zero-order chi connectivity index (χ0) is 14.9. The lowest BCUT2D eigenvalue weighted by Crippen LogP contribution is -2.30. The minimum absolute atomic E-state index is 0.171. The van der Waals surface area contributed by atoms with Gasteiger partial charge in [-0.3, -0.25) is 0 Å². The number of hydrogen-bond donors (Lipinski definition) is 0. The monoisotopic (exact) mass is 325 g/mol. The fraction of sp³-hybridized carbons (Fsp3) is 0.385. The highest BCUT2D eigenvalue weighted by Gasteiger charge is 2.34. The van der Waals surface area contributed by atoms with Gasteiger partial charge in [0, 0.05) is 23.7 Å². The molecule has 0 saturated carbocycles. The van der Waals surface area contributed by atoms with E-state index in [0.717, 1.165) is 4.88 Å². The van der Waals surface area contributed by atoms with Crippen molar-refractivity contribution in [3.05, 3.63) is 35.6 Å². The van der Waals surface area contributed by atoms with E-state index in [2.05, 4.69) is 9.97 Å². The Balaban J connectivity index is 1.69. The van der Waals surface area contributed by atoms with E-state index < -0.39 is 10.0 Å². The van der Waals surface area contributed by atoms with Crippen LogP contribution in [0.4, 0.5) is 0 Å². The summed E-state index contributed by atoms with van der Waals surface area (Å²) in [5.41, 5.74) is 0. The highest BCUT2D eigenvalue weighted by Crippen LogP contribution is 2.27. The van der Waals surface area contributed by atoms with Crippen LogP contribution in [0.3, 0.4) is 0 Å². The van der Waals surface area contributed by atoms with Crippen LogP contribution in [-0.4, -0.2) is 41.9 Å². The average Bonchev–Trinajstić information content (AvgIpc) is 3.10. The van der Waals surface area contributed by atoms with Crippen LogP contribution in [0.2, 0.25) is 0 Å². The Kier molecular flexibility index (Phi) is 3.92. The molecule has 1 aliphatic rings. The molecular weight excluding hydrogens is 310 g/mol. The number of ether oxygens (including phenoxy) is 1. The number of thiophene rings is 1. The van der Waals surface area contributed by atoms with Gasteiger partial charge in [-0.2, -0.15) is 4.31 Å². The summed E-state index contributed by atoms with van der Waals surface area (Å²) in [6.45, 7) is 2.72. The number of hydrogen-bond acceptors (Lipinski definition) is 6. The van der Waals surface area contributed by atoms with Crippen LogP contribution in [-0.2, 0) is 10.0 Å². The smallest absolute Gasteiger partial charge is 0.252 e. The zero-order valence-corrected chi connectivity index (χ0v) is 13.1. The number of aromatic nitrogens is 2. The molecule has 2 aromatic heterocycles. The predicted molar refractivity (Wildman–Crippen MR) is 78.9 cm³/mol. The molecule has 0 amide bonds. The van der Waals surface area contributed by atoms with E-state index in [4.69, 9.17) is 4.74 Å². The third kappa shape index (κ3) is 3.07. The lowest BCUT2D eigenvalue weighted by atomic mass is 10.3. The first-order chi connectivity index (χ1) is 10.1. The Morgan fingerprint density at radius 1 is 1.38 bits per heavy atom. The maximum atomic E-state index is 12.5. The molecule has 0 spiro atoms. The van der Waals surface area contributed by atoms with Gasteiger partial charge in [-0.05, 0) is 25.5 Å². The normalized spacial score (nSPS) is 19.8. The van der Waals surface area contributed by atoms with Crippen molar-refractivity contribution in [2.24, 2.45) is 0 Å². The van der Waals surface area contributed by atoms with Crippen molar-refractivity contribution in [2.45, 2.75) is 23.7 Å². The van der Waals surface area contributed by atoms with Crippen LogP contribution in [0, 0.1) is 6.92 Å². The summed E-state index contributed by atoms with van der Waals surface area (Å²) >= 11 is 1.30. The van der Waals surface area contributed by atoms with Gasteiger partial charge in [0.1, 0.15) is 16.6 Å². The van der Waals surface area contributed by atoms with Crippen LogP contribution >= 0.6 is 11.3 Å². The maximum absolute atomic E-state index is 12.5. The Hall–Kier alpha value is -1.51. The van der Waals surface area contributed by atoms with E-state index in [-0.39, 0.29) is 6.10 Å². The van der Waals surface area contributed by atoms with Gasteiger partial charge in [-0.25, -0.2) is 18.4 Å². The molecule has 8 heteroatoms. The van der Waals surface area contributed by atoms with Gasteiger partial charge in [0.15, 0.2) is 0 Å². The fourth-order valence-electron chi connectivity index (χ4n) is 2.21. The molecule has 2 aromatic rings. The van der Waals surface area contributed by atoms with E-state index in [1.54, 1.807) is 18.3 Å². The lowest BCUT2D eigenvalue weighted by Gasteiger charge is -2.15. The molecule has 6 nitrogen and oxygen atoms in total. The van der Waals surface area contributed by atoms with Gasteiger partial charge >= 0.3 is 0 Å². The summed E-state index contributed by atoms with van der Waals surface area (Å²) in [6, 6.07) is 5.15. The van der Waals surface area contributed by atoms with Gasteiger partial charge in [0.05, 0.1) is 6.54 Å². The number of nitrogens with zero attached hydrogens (tertiary/aromatic N) is 3. The van der Waals surface area contributed by atoms with Gasteiger partial charge < -0.3 is 4.74 Å². The average molecular weight is 325 g/mol. The SMILES string of the molecule is Cc1ccc(S(=O)(=O)N2CCC(Oc3ccncn3)C2)s1. The van der Waals surface area contributed by atoms with E-state index >= 15 is 0 Å². The predicted octanol–water partition coefficient (Wildman–Crippen LogP) is 1.69. The standard InChI is InChI=1S/C13H15N3O3S2/c1-10-2-3-13(20-10)21(17,18)16-7-5-11(8-16)19-12-4-6-14-9-15-12/h2-4,6,9,11H,5,7-8H2,1H3. The Labute approximate surface area is 127 Å². The summed E-state index contributed by atoms with van der Waals surface area (Å²) in [4.78, 5) is 8.80. The van der Waals surface area contributed by atoms with Crippen molar-refractivity contribution in [3.8, 4) is 5.88 Å². The molecule has 112 valence electrons. The molecule has 1 fully saturated rings. The number of sulfonamides is 1. The van der Waals surface area contributed by atoms with Crippen molar-refractivity contribution in [3.63, 3.8) is 0 Å². The highest BCUT2D eigenvalue weighted by atomic mass is 32.2. The van der Waals surface area contributed by atoms with Crippen molar-refractivity contribution in [1.29, 1.82) is 0 Å². The lowest BCUT2D eigenvalue weighted by molar-refractivity contribution is 0.206. The second-order valence-electron chi connectivity index (χ2n) is 4.80. The molecule has 3 rings (SSSR count). The number of rotatable bonds is 4. The molecule has 0 bridgehead atoms. The van der Waals surface area contributed by atoms with E-state index in [0.29, 0.717) is 29.6 Å². The highest BCUT2D eigenvalue weighted by molar-refractivity contribution is 7.91. The zero-order valence-electron chi connectivity index (χ0n) is 11.5. The van der Waals surface area contributed by atoms with E-state index in [1.165, 1.54) is 22.0 Å². The van der Waals surface area contributed by atoms with Gasteiger partial charge in [-0.1, -0.05) is 0 Å². The first-order valence-corrected chi connectivity index (χ1v) is 8.80. The molecular formula is C13H15N3O3S2. The Bertz CT molecular complexity index is 715. The second-order valence-corrected chi connectivity index (χ2v) is 8.26. The Morgan fingerprint density at radius 2 is 2.24 bits per heavy atom. The topological polar surface area (TPSA) is 72.4 Å². The second kappa shape index (κ2) is 5.70. The molecule has 1 saturated heterocycles. The molecule has 1 unspecified atom stereocenters. The van der Waals surface area contributed by atoms with Gasteiger partial charge in [-0.15, -0.1) is 11.3 Å². The van der Waals surface area contributed by atoms with Crippen LogP contribution in [0.5, 0.6) is 5.88 Å². The molecule has 21 heavy (non-hydrogen) atoms. The van der Waals surface area contributed by atoms with Crippen molar-refractivity contribution >= 4 is 21.4 Å². The minimum atomic E-state index is -3.40. The molecule has 0 aromatic carbocycles. The van der Waals surface area contributed by atoms with Gasteiger partial charge in [0.25, 0.3) is 10.0 Å². The first kappa shape index (κ1) is 14.4. The number of aryl methyl sites for hydroxylation is 1. The molecule has 1 atom stereocenters. The largest absolute Gasteiger partial charge is 0.473 e. The first-order valence-electron chi connectivity index (χ1n) is 6.55. The van der Waals surface area contributed by atoms with Crippen molar-refractivity contribution in [2.75, 3.05) is 13.1 Å². The van der Waals surface area contributed by atoms with Crippen molar-refractivity contribution < 1.29 is 13.2 Å². The van der Waals surface area contributed by atoms with Gasteiger partial charge in [0.2, 0.25) is 5.88 Å². The van der Waals surface area contributed by atoms with E-state index in [1.807, 2.05) is 13.0 Å². The summed E-state index contributed by atoms with van der Waals surface area (Å²) in [5, 5.41) is 0. The summed E-state index contributed by atoms with van der Waals surface area (Å²) in [7, 11) is -3.40. The molecule has 3 heterocycles. The molecule has 1 aliphatic heterocycles. The summed E-state index contributed by atoms with van der Waals surface area (Å²) < 4.78 is 32.6. The van der Waals surface area contributed by atoms with Crippen LogP contribution in [0.1, 0.15) is 11.3 Å². The molecule has 0 aliphatic carbocycles. The Morgan fingerprint density at radius 3 is 2.90 bits per heavy atom. The van der Waals surface area contributed by atoms with Crippen LogP contribution < -0.4 is 4.74 Å². The van der Waals surface area contributed by atoms with Crippen LogP contribution in [0.25, 0.3) is 0 Å². The van der Waals surface area contributed by atoms with Crippen LogP contribution in [0.15, 0.2) is 34.9 Å². The third-order valence-corrected chi connectivity index (χ3v) is 6.59. The summed E-state index contributed by atoms with van der Waals surface area (Å²) in [6.07, 6.45) is 3.50. The molecule has 0 radical (unpaired) electrons. The third-order valence-electron chi connectivity index (χ3n) is 3.26. The fourth-order valence-corrected chi connectivity index (χ4v) is 5.13. The maximum Gasteiger partial charge on any atom is 0.252 e. The summed E-state index contributed by atoms with van der Waals surface area (Å²) in [5.74, 6) is 0.473. The minimum Gasteiger partial charge on any atom is -0.473 e. The van der Waals surface area contributed by atoms with E-state index in [9.17, 15) is 8.42 Å². The van der Waals surface area contributed by atoms with Crippen molar-refractivity contribution in [1.82, 2.24) is 14.3 Å². The quantitative estimate of drug-likeness (QED) is 0.855.